The number of rotatable bonds is 5. The van der Waals surface area contributed by atoms with Gasteiger partial charge in [-0.15, -0.1) is 0 Å². The zero-order chi connectivity index (χ0) is 16.3. The Bertz CT molecular complexity index is 594. The average Bonchev–Trinajstić information content (AvgIpc) is 2.93. The molecule has 0 spiro atoms. The fraction of sp³-hybridized carbons (Fsp3) is 0.467. The van der Waals surface area contributed by atoms with Crippen LogP contribution in [0, 0.1) is 16.0 Å². The highest BCUT2D eigenvalue weighted by atomic mass is 16.6. The Morgan fingerprint density at radius 1 is 1.41 bits per heavy atom. The van der Waals surface area contributed by atoms with Crippen LogP contribution < -0.4 is 0 Å². The van der Waals surface area contributed by atoms with E-state index in [1.54, 1.807) is 19.1 Å². The first kappa shape index (κ1) is 16.1. The Labute approximate surface area is 128 Å². The molecule has 0 radical (unpaired) electrons. The molecular weight excluding hydrogens is 288 g/mol. The molecule has 0 saturated heterocycles. The molecule has 1 aromatic carbocycles. The van der Waals surface area contributed by atoms with Gasteiger partial charge in [-0.25, -0.2) is 9.79 Å². The van der Waals surface area contributed by atoms with Crippen molar-refractivity contribution in [2.45, 2.75) is 33.1 Å². The number of non-ortho nitro benzene ring substituents is 1. The van der Waals surface area contributed by atoms with Crippen LogP contribution >= 0.6 is 0 Å². The Balaban J connectivity index is 2.29. The van der Waals surface area contributed by atoms with E-state index >= 15 is 0 Å². The highest BCUT2D eigenvalue weighted by molar-refractivity contribution is 6.38. The Morgan fingerprint density at radius 2 is 2.05 bits per heavy atom. The predicted molar refractivity (Wildman–Crippen MR) is 79.6 cm³/mol. The number of carbonyl (C=O) groups excluding carboxylic acids is 1. The van der Waals surface area contributed by atoms with Crippen LogP contribution in [-0.2, 0) is 14.3 Å². The van der Waals surface area contributed by atoms with Crippen molar-refractivity contribution < 1.29 is 19.2 Å². The van der Waals surface area contributed by atoms with Gasteiger partial charge in [0, 0.05) is 18.1 Å². The van der Waals surface area contributed by atoms with E-state index in [-0.39, 0.29) is 23.9 Å². The number of nitrogens with zero attached hydrogens (tertiary/aromatic N) is 2. The lowest BCUT2D eigenvalue weighted by atomic mass is 10.0. The summed E-state index contributed by atoms with van der Waals surface area (Å²) in [5, 5.41) is 10.7. The molecule has 0 bridgehead atoms. The highest BCUT2D eigenvalue weighted by Crippen LogP contribution is 2.31. The van der Waals surface area contributed by atoms with Gasteiger partial charge in [0.05, 0.1) is 11.5 Å². The first-order chi connectivity index (χ1) is 10.4. The quantitative estimate of drug-likeness (QED) is 0.474. The normalized spacial score (nSPS) is 20.8. The number of nitro benzene ring substituents is 1. The SMILES string of the molecule is CCOC(=O)C1=N[C@@H](C(C)C)O[C@@H]1c1ccc([N+](=O)[O-])cc1. The van der Waals surface area contributed by atoms with Gasteiger partial charge < -0.3 is 9.47 Å². The van der Waals surface area contributed by atoms with Gasteiger partial charge in [0.15, 0.2) is 11.9 Å². The van der Waals surface area contributed by atoms with Gasteiger partial charge in [0.25, 0.3) is 5.69 Å². The molecule has 0 aliphatic carbocycles. The van der Waals surface area contributed by atoms with Crippen molar-refractivity contribution in [2.24, 2.45) is 10.9 Å². The fourth-order valence-corrected chi connectivity index (χ4v) is 2.12. The monoisotopic (exact) mass is 306 g/mol. The molecule has 118 valence electrons. The van der Waals surface area contributed by atoms with E-state index in [1.807, 2.05) is 13.8 Å². The van der Waals surface area contributed by atoms with Crippen LogP contribution in [0.25, 0.3) is 0 Å². The third-order valence-corrected chi connectivity index (χ3v) is 3.25. The second-order valence-electron chi connectivity index (χ2n) is 5.23. The van der Waals surface area contributed by atoms with E-state index in [9.17, 15) is 14.9 Å². The van der Waals surface area contributed by atoms with E-state index in [0.29, 0.717) is 5.56 Å². The lowest BCUT2D eigenvalue weighted by molar-refractivity contribution is -0.384. The molecule has 0 aromatic heterocycles. The molecule has 0 amide bonds. The molecule has 1 aromatic rings. The van der Waals surface area contributed by atoms with Crippen molar-refractivity contribution in [3.63, 3.8) is 0 Å². The first-order valence-corrected chi connectivity index (χ1v) is 7.08. The molecule has 0 unspecified atom stereocenters. The molecule has 2 rings (SSSR count). The van der Waals surface area contributed by atoms with Crippen LogP contribution in [-0.4, -0.2) is 29.4 Å². The summed E-state index contributed by atoms with van der Waals surface area (Å²) in [4.78, 5) is 26.6. The van der Waals surface area contributed by atoms with Gasteiger partial charge in [-0.1, -0.05) is 13.8 Å². The van der Waals surface area contributed by atoms with Crippen molar-refractivity contribution in [1.82, 2.24) is 0 Å². The van der Waals surface area contributed by atoms with Crippen molar-refractivity contribution in [3.8, 4) is 0 Å². The van der Waals surface area contributed by atoms with Gasteiger partial charge in [-0.3, -0.25) is 10.1 Å². The van der Waals surface area contributed by atoms with Crippen molar-refractivity contribution in [3.05, 3.63) is 39.9 Å². The maximum atomic E-state index is 12.0. The van der Waals surface area contributed by atoms with Crippen LogP contribution in [0.15, 0.2) is 29.3 Å². The third kappa shape index (κ3) is 3.30. The van der Waals surface area contributed by atoms with Gasteiger partial charge in [0.2, 0.25) is 0 Å². The Hall–Kier alpha value is -2.28. The number of hydrogen-bond donors (Lipinski definition) is 0. The van der Waals surface area contributed by atoms with Gasteiger partial charge in [0.1, 0.15) is 6.10 Å². The second-order valence-corrected chi connectivity index (χ2v) is 5.23. The lowest BCUT2D eigenvalue weighted by Crippen LogP contribution is -2.22. The van der Waals surface area contributed by atoms with E-state index in [0.717, 1.165) is 0 Å². The smallest absolute Gasteiger partial charge is 0.355 e. The predicted octanol–water partition coefficient (Wildman–Crippen LogP) is 2.65. The number of carbonyl (C=O) groups is 1. The third-order valence-electron chi connectivity index (χ3n) is 3.25. The Kier molecular flexibility index (Phi) is 4.87. The molecule has 7 nitrogen and oxygen atoms in total. The summed E-state index contributed by atoms with van der Waals surface area (Å²) in [6, 6.07) is 5.90. The van der Waals surface area contributed by atoms with E-state index < -0.39 is 23.2 Å². The zero-order valence-corrected chi connectivity index (χ0v) is 12.7. The minimum Gasteiger partial charge on any atom is -0.461 e. The fourth-order valence-electron chi connectivity index (χ4n) is 2.12. The molecule has 0 fully saturated rings. The number of aliphatic imine (C=N–C) groups is 1. The van der Waals surface area contributed by atoms with Crippen LogP contribution in [0.3, 0.4) is 0 Å². The molecule has 22 heavy (non-hydrogen) atoms. The van der Waals surface area contributed by atoms with Gasteiger partial charge in [-0.05, 0) is 24.6 Å². The van der Waals surface area contributed by atoms with Gasteiger partial charge >= 0.3 is 5.97 Å². The summed E-state index contributed by atoms with van der Waals surface area (Å²) in [5.41, 5.74) is 0.826. The highest BCUT2D eigenvalue weighted by Gasteiger charge is 2.36. The summed E-state index contributed by atoms with van der Waals surface area (Å²) in [7, 11) is 0. The summed E-state index contributed by atoms with van der Waals surface area (Å²) in [6.45, 7) is 5.84. The van der Waals surface area contributed by atoms with Crippen molar-refractivity contribution >= 4 is 17.4 Å². The molecule has 0 saturated carbocycles. The molecule has 2 atom stereocenters. The minimum absolute atomic E-state index is 0.0169. The number of benzene rings is 1. The summed E-state index contributed by atoms with van der Waals surface area (Å²) >= 11 is 0. The summed E-state index contributed by atoms with van der Waals surface area (Å²) in [6.07, 6.45) is -1.09. The summed E-state index contributed by atoms with van der Waals surface area (Å²) < 4.78 is 10.8. The number of ether oxygens (including phenoxy) is 2. The molecular formula is C15H18N2O5. The number of hydrogen-bond acceptors (Lipinski definition) is 6. The molecule has 1 aliphatic rings. The molecule has 1 aliphatic heterocycles. The topological polar surface area (TPSA) is 91.0 Å². The largest absolute Gasteiger partial charge is 0.461 e. The van der Waals surface area contributed by atoms with Crippen molar-refractivity contribution in [2.75, 3.05) is 6.61 Å². The maximum Gasteiger partial charge on any atom is 0.355 e. The summed E-state index contributed by atoms with van der Waals surface area (Å²) in [5.74, 6) is -0.415. The van der Waals surface area contributed by atoms with Crippen LogP contribution in [0.1, 0.15) is 32.4 Å². The lowest BCUT2D eigenvalue weighted by Gasteiger charge is -2.16. The van der Waals surface area contributed by atoms with E-state index in [1.165, 1.54) is 12.1 Å². The zero-order valence-electron chi connectivity index (χ0n) is 12.7. The minimum atomic E-state index is -0.660. The van der Waals surface area contributed by atoms with Crippen LogP contribution in [0.4, 0.5) is 5.69 Å². The average molecular weight is 306 g/mol. The van der Waals surface area contributed by atoms with Crippen LogP contribution in [0.5, 0.6) is 0 Å². The Morgan fingerprint density at radius 3 is 2.55 bits per heavy atom. The van der Waals surface area contributed by atoms with Crippen molar-refractivity contribution in [1.29, 1.82) is 0 Å². The molecule has 0 N–H and O–H groups in total. The first-order valence-electron chi connectivity index (χ1n) is 7.08. The molecule has 1 heterocycles. The maximum absolute atomic E-state index is 12.0. The standard InChI is InChI=1S/C15H18N2O5/c1-4-21-15(18)12-13(22-14(16-12)9(2)3)10-5-7-11(8-6-10)17(19)20/h5-9,13-14H,4H2,1-3H3/t13-,14-/m1/s1. The second kappa shape index (κ2) is 6.65. The van der Waals surface area contributed by atoms with Gasteiger partial charge in [-0.2, -0.15) is 0 Å². The van der Waals surface area contributed by atoms with Crippen LogP contribution in [0.2, 0.25) is 0 Å². The van der Waals surface area contributed by atoms with E-state index in [4.69, 9.17) is 9.47 Å². The molecule has 7 heteroatoms. The van der Waals surface area contributed by atoms with E-state index in [2.05, 4.69) is 4.99 Å². The number of esters is 1. The number of nitro groups is 1.